The molecule has 0 N–H and O–H groups in total. The summed E-state index contributed by atoms with van der Waals surface area (Å²) in [6, 6.07) is 6.95. The van der Waals surface area contributed by atoms with Gasteiger partial charge in [0.15, 0.2) is 6.10 Å². The van der Waals surface area contributed by atoms with Gasteiger partial charge in [0.05, 0.1) is 5.02 Å². The van der Waals surface area contributed by atoms with Crippen LogP contribution in [0.1, 0.15) is 12.0 Å². The third-order valence-electron chi connectivity index (χ3n) is 2.73. The number of carbonyl (C=O) groups is 1. The molecular weight excluding hydrogens is 240 g/mol. The van der Waals surface area contributed by atoms with Crippen molar-refractivity contribution in [1.82, 2.24) is 4.90 Å². The molecule has 1 aromatic rings. The van der Waals surface area contributed by atoms with Gasteiger partial charge in [0.25, 0.3) is 5.91 Å². The zero-order valence-corrected chi connectivity index (χ0v) is 10.1. The molecule has 5 heteroatoms. The largest absolute Gasteiger partial charge is 0.479 e. The molecule has 1 atom stereocenters. The summed E-state index contributed by atoms with van der Waals surface area (Å²) in [7, 11) is 1.73. The number of rotatable bonds is 2. The van der Waals surface area contributed by atoms with Crippen molar-refractivity contribution >= 4 is 17.5 Å². The van der Waals surface area contributed by atoms with Crippen LogP contribution in [-0.4, -0.2) is 30.5 Å². The first kappa shape index (κ1) is 11.7. The minimum Gasteiger partial charge on any atom is -0.479 e. The zero-order valence-electron chi connectivity index (χ0n) is 9.31. The van der Waals surface area contributed by atoms with Crippen molar-refractivity contribution in [2.45, 2.75) is 12.5 Å². The van der Waals surface area contributed by atoms with Crippen molar-refractivity contribution < 1.29 is 9.53 Å². The summed E-state index contributed by atoms with van der Waals surface area (Å²) in [5, 5.41) is 9.32. The second kappa shape index (κ2) is 4.64. The molecule has 1 heterocycles. The Labute approximate surface area is 104 Å². The van der Waals surface area contributed by atoms with E-state index in [4.69, 9.17) is 21.6 Å². The van der Waals surface area contributed by atoms with Gasteiger partial charge in [-0.3, -0.25) is 4.79 Å². The van der Waals surface area contributed by atoms with E-state index in [9.17, 15) is 4.79 Å². The molecule has 0 bridgehead atoms. The van der Waals surface area contributed by atoms with Crippen LogP contribution in [0.3, 0.4) is 0 Å². The molecule has 0 aliphatic carbocycles. The van der Waals surface area contributed by atoms with Gasteiger partial charge in [0.2, 0.25) is 0 Å². The fourth-order valence-electron chi connectivity index (χ4n) is 1.76. The predicted molar refractivity (Wildman–Crippen MR) is 62.8 cm³/mol. The fourth-order valence-corrected chi connectivity index (χ4v) is 1.97. The van der Waals surface area contributed by atoms with E-state index < -0.39 is 6.10 Å². The average molecular weight is 251 g/mol. The minimum absolute atomic E-state index is 0.0612. The molecule has 0 spiro atoms. The third kappa shape index (κ3) is 2.20. The Bertz CT molecular complexity index is 496. The van der Waals surface area contributed by atoms with Crippen LogP contribution in [-0.2, 0) is 4.79 Å². The number of ether oxygens (including phenoxy) is 1. The van der Waals surface area contributed by atoms with Crippen LogP contribution in [0.2, 0.25) is 5.02 Å². The van der Waals surface area contributed by atoms with Crippen molar-refractivity contribution in [3.63, 3.8) is 0 Å². The molecule has 1 fully saturated rings. The van der Waals surface area contributed by atoms with Crippen molar-refractivity contribution in [2.24, 2.45) is 0 Å². The van der Waals surface area contributed by atoms with Gasteiger partial charge in [-0.1, -0.05) is 17.7 Å². The highest BCUT2D eigenvalue weighted by molar-refractivity contribution is 6.31. The number of nitriles is 1. The van der Waals surface area contributed by atoms with Gasteiger partial charge in [0.1, 0.15) is 17.4 Å². The number of carbonyl (C=O) groups excluding carboxylic acids is 1. The lowest BCUT2D eigenvalue weighted by Crippen LogP contribution is -2.29. The lowest BCUT2D eigenvalue weighted by Gasteiger charge is -2.14. The number of likely N-dealkylation sites (tertiary alicyclic amines) is 1. The van der Waals surface area contributed by atoms with E-state index in [1.807, 2.05) is 6.07 Å². The van der Waals surface area contributed by atoms with Crippen LogP contribution in [0.4, 0.5) is 0 Å². The zero-order chi connectivity index (χ0) is 12.4. The highest BCUT2D eigenvalue weighted by atomic mass is 35.5. The van der Waals surface area contributed by atoms with Gasteiger partial charge in [-0.05, 0) is 12.1 Å². The lowest BCUT2D eigenvalue weighted by molar-refractivity contribution is -0.132. The monoisotopic (exact) mass is 250 g/mol. The summed E-state index contributed by atoms with van der Waals surface area (Å²) in [4.78, 5) is 13.3. The normalized spacial score (nSPS) is 19.2. The molecule has 0 saturated carbocycles. The van der Waals surface area contributed by atoms with E-state index in [-0.39, 0.29) is 11.5 Å². The Hall–Kier alpha value is -1.73. The van der Waals surface area contributed by atoms with Crippen LogP contribution < -0.4 is 4.74 Å². The predicted octanol–water partition coefficient (Wildman–Crippen LogP) is 1.82. The van der Waals surface area contributed by atoms with Gasteiger partial charge in [-0.2, -0.15) is 5.26 Å². The Balaban J connectivity index is 2.23. The molecule has 4 nitrogen and oxygen atoms in total. The number of hydrogen-bond donors (Lipinski definition) is 0. The molecule has 0 aromatic heterocycles. The summed E-state index contributed by atoms with van der Waals surface area (Å²) in [6.07, 6.45) is 0.123. The van der Waals surface area contributed by atoms with Crippen molar-refractivity contribution in [3.8, 4) is 11.8 Å². The number of nitrogens with zero attached hydrogens (tertiary/aromatic N) is 2. The quantitative estimate of drug-likeness (QED) is 0.805. The van der Waals surface area contributed by atoms with Crippen molar-refractivity contribution in [3.05, 3.63) is 28.8 Å². The first-order valence-electron chi connectivity index (χ1n) is 5.23. The van der Waals surface area contributed by atoms with E-state index in [2.05, 4.69) is 0 Å². The van der Waals surface area contributed by atoms with Crippen LogP contribution in [0.25, 0.3) is 0 Å². The third-order valence-corrected chi connectivity index (χ3v) is 3.05. The fraction of sp³-hybridized carbons (Fsp3) is 0.333. The van der Waals surface area contributed by atoms with Crippen LogP contribution in [0, 0.1) is 11.3 Å². The van der Waals surface area contributed by atoms with Gasteiger partial charge < -0.3 is 9.64 Å². The van der Waals surface area contributed by atoms with Gasteiger partial charge in [0, 0.05) is 20.0 Å². The smallest absolute Gasteiger partial charge is 0.263 e. The Morgan fingerprint density at radius 1 is 1.59 bits per heavy atom. The van der Waals surface area contributed by atoms with Crippen molar-refractivity contribution in [2.75, 3.05) is 13.6 Å². The second-order valence-electron chi connectivity index (χ2n) is 3.88. The average Bonchev–Trinajstić information content (AvgIpc) is 2.61. The molecule has 0 radical (unpaired) electrons. The van der Waals surface area contributed by atoms with Crippen LogP contribution >= 0.6 is 11.6 Å². The maximum Gasteiger partial charge on any atom is 0.263 e. The summed E-state index contributed by atoms with van der Waals surface area (Å²) >= 11 is 5.88. The van der Waals surface area contributed by atoms with E-state index in [1.165, 1.54) is 0 Å². The molecular formula is C12H11ClN2O2. The van der Waals surface area contributed by atoms with E-state index in [1.54, 1.807) is 30.1 Å². The van der Waals surface area contributed by atoms with E-state index in [0.29, 0.717) is 23.7 Å². The van der Waals surface area contributed by atoms with Crippen LogP contribution in [0.15, 0.2) is 18.2 Å². The summed E-state index contributed by atoms with van der Waals surface area (Å²) in [5.41, 5.74) is 0.275. The number of amides is 1. The van der Waals surface area contributed by atoms with Gasteiger partial charge in [-0.15, -0.1) is 0 Å². The molecule has 1 aromatic carbocycles. The van der Waals surface area contributed by atoms with E-state index in [0.717, 1.165) is 0 Å². The highest BCUT2D eigenvalue weighted by Gasteiger charge is 2.31. The highest BCUT2D eigenvalue weighted by Crippen LogP contribution is 2.27. The molecule has 17 heavy (non-hydrogen) atoms. The maximum absolute atomic E-state index is 11.7. The summed E-state index contributed by atoms with van der Waals surface area (Å²) in [5.74, 6) is 0.308. The molecule has 1 unspecified atom stereocenters. The molecule has 2 rings (SSSR count). The molecule has 1 saturated heterocycles. The number of halogens is 1. The maximum atomic E-state index is 11.7. The number of hydrogen-bond acceptors (Lipinski definition) is 3. The van der Waals surface area contributed by atoms with E-state index >= 15 is 0 Å². The molecule has 88 valence electrons. The lowest BCUT2D eigenvalue weighted by atomic mass is 10.2. The Morgan fingerprint density at radius 2 is 2.35 bits per heavy atom. The standard InChI is InChI=1S/C12H11ClN2O2/c1-15-6-5-11(12(15)16)17-10-4-2-3-9(13)8(10)7-14/h2-4,11H,5-6H2,1H3. The Morgan fingerprint density at radius 3 is 2.94 bits per heavy atom. The van der Waals surface area contributed by atoms with Crippen LogP contribution in [0.5, 0.6) is 5.75 Å². The first-order chi connectivity index (χ1) is 8.13. The molecule has 1 amide bonds. The topological polar surface area (TPSA) is 53.3 Å². The minimum atomic E-state index is -0.509. The van der Waals surface area contributed by atoms with Gasteiger partial charge in [-0.25, -0.2) is 0 Å². The summed E-state index contributed by atoms with van der Waals surface area (Å²) in [6.45, 7) is 0.673. The summed E-state index contributed by atoms with van der Waals surface area (Å²) < 4.78 is 5.56. The first-order valence-corrected chi connectivity index (χ1v) is 5.61. The number of likely N-dealkylation sites (N-methyl/N-ethyl adjacent to an activating group) is 1. The van der Waals surface area contributed by atoms with Gasteiger partial charge >= 0.3 is 0 Å². The number of benzene rings is 1. The second-order valence-corrected chi connectivity index (χ2v) is 4.29. The molecule has 1 aliphatic rings. The molecule has 1 aliphatic heterocycles. The Kier molecular flexibility index (Phi) is 3.21. The van der Waals surface area contributed by atoms with Crippen molar-refractivity contribution in [1.29, 1.82) is 5.26 Å². The SMILES string of the molecule is CN1CCC(Oc2cccc(Cl)c2C#N)C1=O.